The Morgan fingerprint density at radius 3 is 2.64 bits per heavy atom. The van der Waals surface area contributed by atoms with E-state index in [1.165, 1.54) is 10.4 Å². The van der Waals surface area contributed by atoms with Gasteiger partial charge in [-0.25, -0.2) is 4.98 Å². The van der Waals surface area contributed by atoms with Gasteiger partial charge >= 0.3 is 0 Å². The molecule has 5 nitrogen and oxygen atoms in total. The number of thiophene rings is 1. The zero-order valence-corrected chi connectivity index (χ0v) is 16.5. The van der Waals surface area contributed by atoms with Gasteiger partial charge in [-0.3, -0.25) is 9.89 Å². The Labute approximate surface area is 155 Å². The number of aromatic nitrogens is 3. The summed E-state index contributed by atoms with van der Waals surface area (Å²) >= 11 is 3.33. The standard InChI is InChI=1S/C18H22N4OS2/c1-10-13(4)25-18(19-10)16(7-14-5-6-24-9-14)20-17(23)8-15-11(2)21-22-12(15)3/h5-6,9,16H,7-8H2,1-4H3,(H,20,23)(H,21,22). The van der Waals surface area contributed by atoms with Crippen LogP contribution in [-0.2, 0) is 17.6 Å². The van der Waals surface area contributed by atoms with Crippen LogP contribution in [-0.4, -0.2) is 21.1 Å². The molecule has 0 aliphatic carbocycles. The molecule has 3 heterocycles. The fourth-order valence-electron chi connectivity index (χ4n) is 2.73. The van der Waals surface area contributed by atoms with Crippen molar-refractivity contribution >= 4 is 28.6 Å². The highest BCUT2D eigenvalue weighted by molar-refractivity contribution is 7.11. The number of nitrogens with one attached hydrogen (secondary N) is 2. The van der Waals surface area contributed by atoms with Crippen molar-refractivity contribution in [1.29, 1.82) is 0 Å². The number of hydrogen-bond acceptors (Lipinski definition) is 5. The van der Waals surface area contributed by atoms with Crippen molar-refractivity contribution in [2.75, 3.05) is 0 Å². The molecule has 0 saturated carbocycles. The molecule has 3 aromatic heterocycles. The number of aryl methyl sites for hydroxylation is 4. The SMILES string of the molecule is Cc1nc(C(Cc2ccsc2)NC(=O)Cc2c(C)n[nH]c2C)sc1C. The van der Waals surface area contributed by atoms with Crippen LogP contribution >= 0.6 is 22.7 Å². The molecule has 0 aromatic carbocycles. The van der Waals surface area contributed by atoms with Crippen molar-refractivity contribution in [3.8, 4) is 0 Å². The van der Waals surface area contributed by atoms with Crippen molar-refractivity contribution in [1.82, 2.24) is 20.5 Å². The normalized spacial score (nSPS) is 12.3. The lowest BCUT2D eigenvalue weighted by atomic mass is 10.1. The first-order valence-electron chi connectivity index (χ1n) is 8.19. The molecule has 2 N–H and O–H groups in total. The first-order valence-corrected chi connectivity index (χ1v) is 9.94. The van der Waals surface area contributed by atoms with E-state index in [-0.39, 0.29) is 11.9 Å². The topological polar surface area (TPSA) is 70.7 Å². The van der Waals surface area contributed by atoms with Crippen LogP contribution in [0.25, 0.3) is 0 Å². The van der Waals surface area contributed by atoms with Crippen molar-refractivity contribution < 1.29 is 4.79 Å². The van der Waals surface area contributed by atoms with Gasteiger partial charge in [-0.05, 0) is 50.1 Å². The Bertz CT molecular complexity index is 825. The van der Waals surface area contributed by atoms with Gasteiger partial charge in [0.2, 0.25) is 5.91 Å². The number of H-pyrrole nitrogens is 1. The Balaban J connectivity index is 1.78. The monoisotopic (exact) mass is 374 g/mol. The summed E-state index contributed by atoms with van der Waals surface area (Å²) in [6.45, 7) is 7.94. The smallest absolute Gasteiger partial charge is 0.225 e. The van der Waals surface area contributed by atoms with Gasteiger partial charge in [-0.15, -0.1) is 11.3 Å². The molecule has 7 heteroatoms. The van der Waals surface area contributed by atoms with Crippen molar-refractivity contribution in [3.05, 3.63) is 54.9 Å². The van der Waals surface area contributed by atoms with E-state index in [1.54, 1.807) is 22.7 Å². The molecule has 0 aliphatic rings. The first kappa shape index (κ1) is 17.8. The minimum absolute atomic E-state index is 0.00154. The molecule has 1 amide bonds. The first-order chi connectivity index (χ1) is 11.9. The summed E-state index contributed by atoms with van der Waals surface area (Å²) in [7, 11) is 0. The highest BCUT2D eigenvalue weighted by Crippen LogP contribution is 2.26. The van der Waals surface area contributed by atoms with Crippen LogP contribution in [0.4, 0.5) is 0 Å². The van der Waals surface area contributed by atoms with Crippen molar-refractivity contribution in [2.45, 2.75) is 46.6 Å². The second-order valence-corrected chi connectivity index (χ2v) is 8.25. The van der Waals surface area contributed by atoms with E-state index in [1.807, 2.05) is 20.8 Å². The van der Waals surface area contributed by atoms with Crippen LogP contribution in [0.3, 0.4) is 0 Å². The number of carbonyl (C=O) groups is 1. The van der Waals surface area contributed by atoms with E-state index in [4.69, 9.17) is 0 Å². The van der Waals surface area contributed by atoms with Gasteiger partial charge in [0.15, 0.2) is 0 Å². The molecule has 0 bridgehead atoms. The van der Waals surface area contributed by atoms with Gasteiger partial charge in [0.05, 0.1) is 23.9 Å². The lowest BCUT2D eigenvalue weighted by Crippen LogP contribution is -2.31. The Morgan fingerprint density at radius 1 is 1.28 bits per heavy atom. The maximum absolute atomic E-state index is 12.6. The number of thiazole rings is 1. The van der Waals surface area contributed by atoms with Crippen LogP contribution in [0.2, 0.25) is 0 Å². The van der Waals surface area contributed by atoms with Crippen LogP contribution in [0.1, 0.15) is 44.1 Å². The highest BCUT2D eigenvalue weighted by atomic mass is 32.1. The molecule has 0 aliphatic heterocycles. The van der Waals surface area contributed by atoms with Crippen LogP contribution in [0.15, 0.2) is 16.8 Å². The molecule has 0 fully saturated rings. The van der Waals surface area contributed by atoms with E-state index in [2.05, 4.69) is 44.2 Å². The lowest BCUT2D eigenvalue weighted by Gasteiger charge is -2.16. The fourth-order valence-corrected chi connectivity index (χ4v) is 4.39. The Hall–Kier alpha value is -1.99. The summed E-state index contributed by atoms with van der Waals surface area (Å²) in [5.41, 5.74) is 5.05. The summed E-state index contributed by atoms with van der Waals surface area (Å²) in [5.74, 6) is -0.00154. The summed E-state index contributed by atoms with van der Waals surface area (Å²) in [4.78, 5) is 18.5. The second-order valence-electron chi connectivity index (χ2n) is 6.24. The molecule has 0 spiro atoms. The molecular weight excluding hydrogens is 352 g/mol. The summed E-state index contributed by atoms with van der Waals surface area (Å²) in [6.07, 6.45) is 1.09. The summed E-state index contributed by atoms with van der Waals surface area (Å²) in [5, 5.41) is 15.4. The molecule has 1 unspecified atom stereocenters. The number of hydrogen-bond donors (Lipinski definition) is 2. The molecular formula is C18H22N4OS2. The van der Waals surface area contributed by atoms with Gasteiger partial charge in [-0.2, -0.15) is 16.4 Å². The van der Waals surface area contributed by atoms with Gasteiger partial charge in [-0.1, -0.05) is 0 Å². The quantitative estimate of drug-likeness (QED) is 0.689. The molecule has 132 valence electrons. The summed E-state index contributed by atoms with van der Waals surface area (Å²) < 4.78 is 0. The van der Waals surface area contributed by atoms with E-state index >= 15 is 0 Å². The Kier molecular flexibility index (Phi) is 5.34. The van der Waals surface area contributed by atoms with E-state index in [0.29, 0.717) is 6.42 Å². The molecule has 0 saturated heterocycles. The van der Waals surface area contributed by atoms with Gasteiger partial charge in [0.1, 0.15) is 5.01 Å². The van der Waals surface area contributed by atoms with E-state index < -0.39 is 0 Å². The average molecular weight is 375 g/mol. The number of amides is 1. The largest absolute Gasteiger partial charge is 0.346 e. The third-order valence-electron chi connectivity index (χ3n) is 4.32. The number of carbonyl (C=O) groups excluding carboxylic acids is 1. The lowest BCUT2D eigenvalue weighted by molar-refractivity contribution is -0.121. The van der Waals surface area contributed by atoms with Crippen LogP contribution < -0.4 is 5.32 Å². The van der Waals surface area contributed by atoms with Crippen LogP contribution in [0, 0.1) is 27.7 Å². The van der Waals surface area contributed by atoms with Gasteiger partial charge in [0, 0.05) is 22.6 Å². The molecule has 0 radical (unpaired) electrons. The zero-order valence-electron chi connectivity index (χ0n) is 14.8. The number of nitrogens with zero attached hydrogens (tertiary/aromatic N) is 2. The van der Waals surface area contributed by atoms with Crippen molar-refractivity contribution in [2.24, 2.45) is 0 Å². The third-order valence-corrected chi connectivity index (χ3v) is 6.23. The number of aromatic amines is 1. The molecule has 3 aromatic rings. The Morgan fingerprint density at radius 2 is 2.08 bits per heavy atom. The average Bonchev–Trinajstić information content (AvgIpc) is 3.26. The predicted molar refractivity (Wildman–Crippen MR) is 102 cm³/mol. The number of rotatable bonds is 6. The van der Waals surface area contributed by atoms with E-state index in [9.17, 15) is 4.79 Å². The molecule has 25 heavy (non-hydrogen) atoms. The third kappa shape index (κ3) is 4.16. The maximum atomic E-state index is 12.6. The molecule has 3 rings (SSSR count). The van der Waals surface area contributed by atoms with Gasteiger partial charge < -0.3 is 5.32 Å². The minimum atomic E-state index is -0.105. The maximum Gasteiger partial charge on any atom is 0.225 e. The molecule has 1 atom stereocenters. The van der Waals surface area contributed by atoms with E-state index in [0.717, 1.165) is 34.1 Å². The summed E-state index contributed by atoms with van der Waals surface area (Å²) in [6, 6.07) is 1.99. The predicted octanol–water partition coefficient (Wildman–Crippen LogP) is 3.80. The van der Waals surface area contributed by atoms with Gasteiger partial charge in [0.25, 0.3) is 0 Å². The minimum Gasteiger partial charge on any atom is -0.346 e. The highest BCUT2D eigenvalue weighted by Gasteiger charge is 2.21. The second kappa shape index (κ2) is 7.49. The fraction of sp³-hybridized carbons (Fsp3) is 0.389. The van der Waals surface area contributed by atoms with Crippen LogP contribution in [0.5, 0.6) is 0 Å². The zero-order chi connectivity index (χ0) is 18.0. The van der Waals surface area contributed by atoms with Crippen molar-refractivity contribution in [3.63, 3.8) is 0 Å².